The lowest BCUT2D eigenvalue weighted by Crippen LogP contribution is -2.12. The maximum absolute atomic E-state index is 4.59. The number of aromatic nitrogens is 3. The highest BCUT2D eigenvalue weighted by Gasteiger charge is 2.18. The Hall–Kier alpha value is -0.860. The molecular formula is C11H19N3. The Morgan fingerprint density at radius 3 is 2.71 bits per heavy atom. The Bertz CT molecular complexity index is 296. The van der Waals surface area contributed by atoms with Crippen molar-refractivity contribution in [2.24, 2.45) is 5.41 Å². The van der Waals surface area contributed by atoms with Crippen LogP contribution in [0.3, 0.4) is 0 Å². The first-order chi connectivity index (χ1) is 6.54. The summed E-state index contributed by atoms with van der Waals surface area (Å²) >= 11 is 0. The van der Waals surface area contributed by atoms with Gasteiger partial charge in [0.25, 0.3) is 0 Å². The fourth-order valence-corrected chi connectivity index (χ4v) is 1.88. The monoisotopic (exact) mass is 193 g/mol. The Kier molecular flexibility index (Phi) is 2.33. The molecule has 3 nitrogen and oxygen atoms in total. The van der Waals surface area contributed by atoms with Crippen molar-refractivity contribution in [3.05, 3.63) is 11.6 Å². The molecule has 0 aromatic carbocycles. The summed E-state index contributed by atoms with van der Waals surface area (Å²) in [5, 5.41) is 4.54. The summed E-state index contributed by atoms with van der Waals surface area (Å²) in [6, 6.07) is 0. The summed E-state index contributed by atoms with van der Waals surface area (Å²) in [7, 11) is 0. The van der Waals surface area contributed by atoms with Gasteiger partial charge in [-0.2, -0.15) is 5.10 Å². The molecule has 2 rings (SSSR count). The molecule has 0 saturated heterocycles. The number of rotatable bonds is 1. The molecule has 1 aromatic heterocycles. The van der Waals surface area contributed by atoms with E-state index >= 15 is 0 Å². The minimum Gasteiger partial charge on any atom is -0.250 e. The lowest BCUT2D eigenvalue weighted by molar-refractivity contribution is 0.398. The molecule has 1 aliphatic rings. The molecule has 1 aromatic rings. The van der Waals surface area contributed by atoms with E-state index in [4.69, 9.17) is 0 Å². The highest BCUT2D eigenvalue weighted by atomic mass is 15.3. The average Bonchev–Trinajstić information content (AvgIpc) is 2.42. The predicted octanol–water partition coefficient (Wildman–Crippen LogP) is 2.20. The molecule has 0 saturated carbocycles. The molecule has 0 amide bonds. The van der Waals surface area contributed by atoms with Crippen LogP contribution < -0.4 is 0 Å². The Labute approximate surface area is 85.5 Å². The largest absolute Gasteiger partial charge is 0.250 e. The molecule has 78 valence electrons. The maximum Gasteiger partial charge on any atom is 0.151 e. The fraction of sp³-hybridized carbons (Fsp3) is 0.818. The van der Waals surface area contributed by atoms with Gasteiger partial charge in [-0.25, -0.2) is 9.67 Å². The van der Waals surface area contributed by atoms with Gasteiger partial charge >= 0.3 is 0 Å². The first-order valence-corrected chi connectivity index (χ1v) is 5.47. The van der Waals surface area contributed by atoms with E-state index in [0.717, 1.165) is 25.2 Å². The van der Waals surface area contributed by atoms with E-state index in [-0.39, 0.29) is 5.41 Å². The van der Waals surface area contributed by atoms with Crippen LogP contribution in [0.15, 0.2) is 0 Å². The van der Waals surface area contributed by atoms with Crippen molar-refractivity contribution in [2.75, 3.05) is 0 Å². The summed E-state index contributed by atoms with van der Waals surface area (Å²) in [5.74, 6) is 2.21. The Morgan fingerprint density at radius 2 is 2.07 bits per heavy atom. The van der Waals surface area contributed by atoms with Gasteiger partial charge in [0.1, 0.15) is 5.82 Å². The average molecular weight is 193 g/mol. The zero-order valence-corrected chi connectivity index (χ0v) is 9.38. The van der Waals surface area contributed by atoms with Crippen LogP contribution in [0, 0.1) is 5.41 Å². The van der Waals surface area contributed by atoms with Gasteiger partial charge in [0.2, 0.25) is 0 Å². The summed E-state index contributed by atoms with van der Waals surface area (Å²) < 4.78 is 2.09. The normalized spacial score (nSPS) is 16.8. The van der Waals surface area contributed by atoms with Crippen LogP contribution in [-0.4, -0.2) is 14.8 Å². The third-order valence-corrected chi connectivity index (χ3v) is 2.50. The molecule has 3 heteroatoms. The summed E-state index contributed by atoms with van der Waals surface area (Å²) in [6.45, 7) is 7.75. The summed E-state index contributed by atoms with van der Waals surface area (Å²) in [6.07, 6.45) is 4.61. The quantitative estimate of drug-likeness (QED) is 0.684. The second-order valence-corrected chi connectivity index (χ2v) is 5.36. The van der Waals surface area contributed by atoms with Gasteiger partial charge in [0.15, 0.2) is 5.82 Å². The predicted molar refractivity (Wildman–Crippen MR) is 56.1 cm³/mol. The number of aryl methyl sites for hydroxylation is 2. The van der Waals surface area contributed by atoms with Crippen molar-refractivity contribution in [2.45, 2.75) is 53.0 Å². The van der Waals surface area contributed by atoms with Crippen LogP contribution in [0.2, 0.25) is 0 Å². The van der Waals surface area contributed by atoms with Crippen LogP contribution in [0.4, 0.5) is 0 Å². The van der Waals surface area contributed by atoms with E-state index in [9.17, 15) is 0 Å². The lowest BCUT2D eigenvalue weighted by atomic mass is 9.92. The van der Waals surface area contributed by atoms with E-state index in [1.54, 1.807) is 0 Å². The molecule has 0 aliphatic carbocycles. The Morgan fingerprint density at radius 1 is 1.29 bits per heavy atom. The van der Waals surface area contributed by atoms with E-state index in [2.05, 4.69) is 35.5 Å². The fourth-order valence-electron chi connectivity index (χ4n) is 1.88. The van der Waals surface area contributed by atoms with Crippen molar-refractivity contribution in [3.8, 4) is 0 Å². The van der Waals surface area contributed by atoms with Crippen LogP contribution in [0.5, 0.6) is 0 Å². The van der Waals surface area contributed by atoms with E-state index in [0.29, 0.717) is 0 Å². The number of nitrogens with zero attached hydrogens (tertiary/aromatic N) is 3. The van der Waals surface area contributed by atoms with Gasteiger partial charge in [0, 0.05) is 19.4 Å². The van der Waals surface area contributed by atoms with Crippen molar-refractivity contribution < 1.29 is 0 Å². The van der Waals surface area contributed by atoms with Gasteiger partial charge in [0.05, 0.1) is 0 Å². The van der Waals surface area contributed by atoms with E-state index in [1.165, 1.54) is 18.7 Å². The first kappa shape index (κ1) is 9.69. The van der Waals surface area contributed by atoms with Gasteiger partial charge in [-0.3, -0.25) is 0 Å². The maximum atomic E-state index is 4.59. The molecule has 0 spiro atoms. The van der Waals surface area contributed by atoms with Crippen molar-refractivity contribution in [3.63, 3.8) is 0 Å². The molecular weight excluding hydrogens is 174 g/mol. The number of hydrogen-bond donors (Lipinski definition) is 0. The lowest BCUT2D eigenvalue weighted by Gasteiger charge is -2.14. The molecule has 0 N–H and O–H groups in total. The summed E-state index contributed by atoms with van der Waals surface area (Å²) in [4.78, 5) is 4.59. The van der Waals surface area contributed by atoms with Crippen LogP contribution in [0.25, 0.3) is 0 Å². The number of fused-ring (bicyclic) bond motifs is 1. The van der Waals surface area contributed by atoms with Gasteiger partial charge < -0.3 is 0 Å². The van der Waals surface area contributed by atoms with E-state index < -0.39 is 0 Å². The Balaban J connectivity index is 2.16. The van der Waals surface area contributed by atoms with Crippen LogP contribution in [-0.2, 0) is 19.4 Å². The second-order valence-electron chi connectivity index (χ2n) is 5.36. The van der Waals surface area contributed by atoms with Gasteiger partial charge in [-0.1, -0.05) is 20.8 Å². The third-order valence-electron chi connectivity index (χ3n) is 2.50. The van der Waals surface area contributed by atoms with Crippen molar-refractivity contribution in [1.29, 1.82) is 0 Å². The smallest absolute Gasteiger partial charge is 0.151 e. The van der Waals surface area contributed by atoms with Crippen molar-refractivity contribution >= 4 is 0 Å². The highest BCUT2D eigenvalue weighted by Crippen LogP contribution is 2.20. The SMILES string of the molecule is CC(C)(C)Cc1nc2n(n1)CCCC2. The van der Waals surface area contributed by atoms with Crippen LogP contribution >= 0.6 is 0 Å². The molecule has 0 unspecified atom stereocenters. The standard InChI is InChI=1S/C11H19N3/c1-11(2,3)8-9-12-10-6-4-5-7-14(10)13-9/h4-8H2,1-3H3. The molecule has 1 aliphatic heterocycles. The molecule has 0 fully saturated rings. The summed E-state index contributed by atoms with van der Waals surface area (Å²) in [5.41, 5.74) is 0.289. The highest BCUT2D eigenvalue weighted by molar-refractivity contribution is 4.97. The third kappa shape index (κ3) is 2.14. The molecule has 2 heterocycles. The minimum absolute atomic E-state index is 0.289. The number of hydrogen-bond acceptors (Lipinski definition) is 2. The molecule has 0 radical (unpaired) electrons. The first-order valence-electron chi connectivity index (χ1n) is 5.47. The van der Waals surface area contributed by atoms with Gasteiger partial charge in [-0.05, 0) is 18.3 Å². The zero-order chi connectivity index (χ0) is 10.2. The molecule has 0 atom stereocenters. The van der Waals surface area contributed by atoms with Gasteiger partial charge in [-0.15, -0.1) is 0 Å². The topological polar surface area (TPSA) is 30.7 Å². The minimum atomic E-state index is 0.289. The van der Waals surface area contributed by atoms with E-state index in [1.807, 2.05) is 0 Å². The molecule has 14 heavy (non-hydrogen) atoms. The zero-order valence-electron chi connectivity index (χ0n) is 9.38. The van der Waals surface area contributed by atoms with Crippen molar-refractivity contribution in [1.82, 2.24) is 14.8 Å². The van der Waals surface area contributed by atoms with Crippen LogP contribution in [0.1, 0.15) is 45.3 Å². The molecule has 0 bridgehead atoms. The second kappa shape index (κ2) is 3.37.